The molecule has 0 saturated heterocycles. The summed E-state index contributed by atoms with van der Waals surface area (Å²) in [5, 5.41) is 34.2. The van der Waals surface area contributed by atoms with Crippen molar-refractivity contribution >= 4 is 52.9 Å². The number of aromatic hydroxyl groups is 1. The molecule has 2 N–H and O–H groups in total. The lowest BCUT2D eigenvalue weighted by atomic mass is 9.97. The number of phenols is 1. The second kappa shape index (κ2) is 11.5. The van der Waals surface area contributed by atoms with E-state index in [9.17, 15) is 20.0 Å². The summed E-state index contributed by atoms with van der Waals surface area (Å²) in [7, 11) is 0. The number of nitriles is 1. The molecule has 0 unspecified atom stereocenters. The van der Waals surface area contributed by atoms with Crippen LogP contribution in [0.4, 0.5) is 17.1 Å². The molecule has 0 aliphatic carbocycles. The smallest absolute Gasteiger partial charge is 0.339 e. The summed E-state index contributed by atoms with van der Waals surface area (Å²) in [4.78, 5) is 26.5. The number of aromatic carboxylic acids is 1. The molecule has 6 rings (SSSR count). The highest BCUT2D eigenvalue weighted by atomic mass is 16.4. The zero-order valence-electron chi connectivity index (χ0n) is 23.0. The second-order valence-corrected chi connectivity index (χ2v) is 10.2. The van der Waals surface area contributed by atoms with Crippen LogP contribution in [0.3, 0.4) is 0 Å². The maximum Gasteiger partial charge on any atom is 0.339 e. The van der Waals surface area contributed by atoms with Gasteiger partial charge in [0.1, 0.15) is 17.4 Å². The minimum Gasteiger partial charge on any atom is -0.507 e. The molecule has 210 valence electrons. The number of amides is 1. The van der Waals surface area contributed by atoms with Gasteiger partial charge in [-0.15, -0.1) is 0 Å². The van der Waals surface area contributed by atoms with Crippen molar-refractivity contribution < 1.29 is 19.8 Å². The molecule has 8 nitrogen and oxygen atoms in total. The highest BCUT2D eigenvalue weighted by molar-refractivity contribution is 6.37. The fourth-order valence-corrected chi connectivity index (χ4v) is 5.30. The van der Waals surface area contributed by atoms with Crippen molar-refractivity contribution in [3.8, 4) is 11.8 Å². The molecule has 2 heterocycles. The number of carbonyl (C=O) groups is 2. The average molecular weight is 567 g/mol. The number of aryl methyl sites for hydroxylation is 1. The van der Waals surface area contributed by atoms with Crippen LogP contribution >= 0.6 is 0 Å². The number of hydrogen-bond donors (Lipinski definition) is 2. The summed E-state index contributed by atoms with van der Waals surface area (Å²) < 4.78 is 0. The van der Waals surface area contributed by atoms with E-state index in [1.165, 1.54) is 17.1 Å². The number of para-hydroxylation sites is 1. The summed E-state index contributed by atoms with van der Waals surface area (Å²) in [5.41, 5.74) is 6.66. The Kier molecular flexibility index (Phi) is 7.29. The first-order valence-electron chi connectivity index (χ1n) is 13.8. The zero-order chi connectivity index (χ0) is 29.9. The third kappa shape index (κ3) is 5.52. The number of hydrogen-bond acceptors (Lipinski definition) is 6. The Hall–Kier alpha value is -5.94. The van der Waals surface area contributed by atoms with Gasteiger partial charge in [-0.3, -0.25) is 4.79 Å². The maximum absolute atomic E-state index is 13.2. The molecular formula is C35H26N4O4. The summed E-state index contributed by atoms with van der Waals surface area (Å²) in [6.07, 6.45) is 7.34. The van der Waals surface area contributed by atoms with E-state index in [4.69, 9.17) is 5.11 Å². The van der Waals surface area contributed by atoms with E-state index >= 15 is 0 Å². The number of carboxylic acid groups (broad SMARTS) is 1. The highest BCUT2D eigenvalue weighted by Crippen LogP contribution is 2.35. The monoisotopic (exact) mass is 566 g/mol. The molecule has 0 bridgehead atoms. The minimum absolute atomic E-state index is 0.0939. The van der Waals surface area contributed by atoms with Gasteiger partial charge in [0.25, 0.3) is 5.91 Å². The van der Waals surface area contributed by atoms with Gasteiger partial charge in [-0.05, 0) is 89.7 Å². The zero-order valence-corrected chi connectivity index (χ0v) is 23.0. The first-order chi connectivity index (χ1) is 20.9. The largest absolute Gasteiger partial charge is 0.507 e. The first kappa shape index (κ1) is 27.2. The van der Waals surface area contributed by atoms with Crippen molar-refractivity contribution in [3.63, 3.8) is 0 Å². The van der Waals surface area contributed by atoms with Gasteiger partial charge in [0.05, 0.1) is 11.3 Å². The van der Waals surface area contributed by atoms with Crippen LogP contribution in [0.2, 0.25) is 0 Å². The number of nitrogens with zero attached hydrogens (tertiary/aromatic N) is 4. The standard InChI is InChI=1S/C35H26N4O4/c36-22-31-30(34(41)39(37-31)28-6-2-1-3-7-28)20-25-13-17-32-26(19-25)5-4-18-38(32)27-14-10-23(11-15-27)8-9-24-12-16-29(35(42)43)33(40)21-24/h1-3,6-17,19-21,40H,4-5,18H2,(H,42,43)/b9-8+,30-20-. The Morgan fingerprint density at radius 1 is 0.884 bits per heavy atom. The summed E-state index contributed by atoms with van der Waals surface area (Å²) >= 11 is 0. The van der Waals surface area contributed by atoms with Gasteiger partial charge in [-0.2, -0.15) is 15.4 Å². The third-order valence-corrected chi connectivity index (χ3v) is 7.44. The van der Waals surface area contributed by atoms with Crippen LogP contribution in [0.15, 0.2) is 102 Å². The molecule has 0 fully saturated rings. The quantitative estimate of drug-likeness (QED) is 0.199. The molecule has 43 heavy (non-hydrogen) atoms. The Labute approximate surface area is 248 Å². The normalized spacial score (nSPS) is 15.5. The van der Waals surface area contributed by atoms with Crippen LogP contribution < -0.4 is 9.91 Å². The van der Waals surface area contributed by atoms with E-state index < -0.39 is 5.97 Å². The SMILES string of the molecule is N#CC1=NN(c2ccccc2)C(=O)/C1=C\c1ccc2c(c1)CCCN2c1ccc(/C=C/c2ccc(C(=O)O)c(O)c2)cc1. The molecule has 4 aromatic carbocycles. The summed E-state index contributed by atoms with van der Waals surface area (Å²) in [6.45, 7) is 0.869. The van der Waals surface area contributed by atoms with Crippen molar-refractivity contribution in [2.45, 2.75) is 12.8 Å². The van der Waals surface area contributed by atoms with E-state index in [2.05, 4.69) is 40.3 Å². The second-order valence-electron chi connectivity index (χ2n) is 10.2. The number of benzene rings is 4. The molecule has 2 aliphatic heterocycles. The molecule has 0 atom stereocenters. The molecular weight excluding hydrogens is 540 g/mol. The third-order valence-electron chi connectivity index (χ3n) is 7.44. The number of fused-ring (bicyclic) bond motifs is 1. The van der Waals surface area contributed by atoms with Crippen LogP contribution in [0, 0.1) is 11.3 Å². The van der Waals surface area contributed by atoms with Gasteiger partial charge in [-0.25, -0.2) is 4.79 Å². The van der Waals surface area contributed by atoms with Crippen molar-refractivity contribution in [3.05, 3.63) is 124 Å². The molecule has 1 amide bonds. The van der Waals surface area contributed by atoms with Crippen molar-refractivity contribution in [1.29, 1.82) is 5.26 Å². The average Bonchev–Trinajstić information content (AvgIpc) is 3.34. The first-order valence-corrected chi connectivity index (χ1v) is 13.8. The Balaban J connectivity index is 1.20. The van der Waals surface area contributed by atoms with E-state index in [1.807, 2.05) is 48.6 Å². The minimum atomic E-state index is -1.17. The molecule has 4 aromatic rings. The molecule has 2 aliphatic rings. The van der Waals surface area contributed by atoms with Crippen molar-refractivity contribution in [1.82, 2.24) is 0 Å². The number of rotatable bonds is 6. The predicted molar refractivity (Wildman–Crippen MR) is 167 cm³/mol. The Bertz CT molecular complexity index is 1870. The van der Waals surface area contributed by atoms with Gasteiger partial charge >= 0.3 is 5.97 Å². The topological polar surface area (TPSA) is 117 Å². The lowest BCUT2D eigenvalue weighted by molar-refractivity contribution is -0.114. The number of carbonyl (C=O) groups excluding carboxylic acids is 1. The number of anilines is 3. The number of hydrazone groups is 1. The van der Waals surface area contributed by atoms with E-state index in [0.29, 0.717) is 11.3 Å². The lowest BCUT2D eigenvalue weighted by Gasteiger charge is -2.31. The van der Waals surface area contributed by atoms with Crippen LogP contribution in [0.5, 0.6) is 5.75 Å². The summed E-state index contributed by atoms with van der Waals surface area (Å²) in [6, 6.07) is 29.8. The molecule has 0 aromatic heterocycles. The fraction of sp³-hybridized carbons (Fsp3) is 0.0857. The van der Waals surface area contributed by atoms with E-state index in [-0.39, 0.29) is 28.5 Å². The van der Waals surface area contributed by atoms with Crippen molar-refractivity contribution in [2.75, 3.05) is 16.5 Å². The van der Waals surface area contributed by atoms with Gasteiger partial charge in [0.2, 0.25) is 0 Å². The highest BCUT2D eigenvalue weighted by Gasteiger charge is 2.31. The fourth-order valence-electron chi connectivity index (χ4n) is 5.30. The molecule has 0 saturated carbocycles. The predicted octanol–water partition coefficient (Wildman–Crippen LogP) is 6.65. The summed E-state index contributed by atoms with van der Waals surface area (Å²) in [5.74, 6) is -1.76. The molecule has 0 spiro atoms. The van der Waals surface area contributed by atoms with Crippen LogP contribution in [-0.2, 0) is 11.2 Å². The van der Waals surface area contributed by atoms with E-state index in [0.717, 1.165) is 47.5 Å². The van der Waals surface area contributed by atoms with Gasteiger partial charge < -0.3 is 15.1 Å². The van der Waals surface area contributed by atoms with Gasteiger partial charge in [0.15, 0.2) is 5.71 Å². The molecule has 8 heteroatoms. The van der Waals surface area contributed by atoms with Gasteiger partial charge in [0, 0.05) is 17.9 Å². The molecule has 0 radical (unpaired) electrons. The number of carboxylic acids is 1. The van der Waals surface area contributed by atoms with Gasteiger partial charge in [-0.1, -0.05) is 54.6 Å². The maximum atomic E-state index is 13.2. The van der Waals surface area contributed by atoms with Crippen LogP contribution in [0.25, 0.3) is 18.2 Å². The van der Waals surface area contributed by atoms with Crippen LogP contribution in [0.1, 0.15) is 39.0 Å². The Morgan fingerprint density at radius 2 is 1.60 bits per heavy atom. The van der Waals surface area contributed by atoms with Crippen molar-refractivity contribution in [2.24, 2.45) is 5.10 Å². The van der Waals surface area contributed by atoms with E-state index in [1.54, 1.807) is 24.3 Å². The Morgan fingerprint density at radius 3 is 2.33 bits per heavy atom. The van der Waals surface area contributed by atoms with Crippen LogP contribution in [-0.4, -0.2) is 34.3 Å². The lowest BCUT2D eigenvalue weighted by Crippen LogP contribution is -2.24.